The smallest absolute Gasteiger partial charge is 0.123 e. The van der Waals surface area contributed by atoms with Gasteiger partial charge in [-0.1, -0.05) is 35.9 Å². The molecule has 0 bridgehead atoms. The Bertz CT molecular complexity index is 595. The maximum Gasteiger partial charge on any atom is 0.123 e. The molecule has 0 amide bonds. The number of hydrogen-bond donors (Lipinski definition) is 1. The maximum atomic E-state index is 12.8. The van der Waals surface area contributed by atoms with Crippen molar-refractivity contribution in [2.45, 2.75) is 19.8 Å². The highest BCUT2D eigenvalue weighted by Crippen LogP contribution is 2.24. The maximum absolute atomic E-state index is 12.8. The van der Waals surface area contributed by atoms with Crippen LogP contribution < -0.4 is 5.32 Å². The summed E-state index contributed by atoms with van der Waals surface area (Å²) in [7, 11) is 0. The van der Waals surface area contributed by atoms with Crippen LogP contribution in [0.3, 0.4) is 0 Å². The first-order valence-corrected chi connectivity index (χ1v) is 7.52. The summed E-state index contributed by atoms with van der Waals surface area (Å²) in [6, 6.07) is 14.7. The lowest BCUT2D eigenvalue weighted by Gasteiger charge is -2.18. The quantitative estimate of drug-likeness (QED) is 0.797. The third-order valence-electron chi connectivity index (χ3n) is 3.75. The predicted octanol–water partition coefficient (Wildman–Crippen LogP) is 4.81. The zero-order valence-electron chi connectivity index (χ0n) is 12.8. The Balaban J connectivity index is 0.000000211. The Morgan fingerprint density at radius 3 is 1.86 bits per heavy atom. The van der Waals surface area contributed by atoms with Gasteiger partial charge in [0.05, 0.1) is 0 Å². The molecule has 0 aliphatic carbocycles. The Labute approximate surface area is 130 Å². The van der Waals surface area contributed by atoms with Crippen molar-refractivity contribution in [3.05, 3.63) is 77.4 Å². The van der Waals surface area contributed by atoms with E-state index in [0.717, 1.165) is 31.5 Å². The molecule has 3 heteroatoms. The first kappa shape index (κ1) is 16.4. The fourth-order valence-electron chi connectivity index (χ4n) is 2.42. The highest BCUT2D eigenvalue weighted by atomic mass is 19.1. The summed E-state index contributed by atoms with van der Waals surface area (Å²) >= 11 is 0. The number of benzene rings is 2. The summed E-state index contributed by atoms with van der Waals surface area (Å²) in [6.45, 7) is 4.26. The molecule has 1 aliphatic heterocycles. The Morgan fingerprint density at radius 2 is 1.36 bits per heavy atom. The number of piperidine rings is 1. The zero-order valence-corrected chi connectivity index (χ0v) is 12.8. The third kappa shape index (κ3) is 5.08. The van der Waals surface area contributed by atoms with Gasteiger partial charge in [-0.05, 0) is 68.3 Å². The van der Waals surface area contributed by atoms with Crippen LogP contribution in [0.4, 0.5) is 8.78 Å². The fraction of sp³-hybridized carbons (Fsp3) is 0.263. The molecule has 2 aromatic carbocycles. The minimum atomic E-state index is -0.178. The van der Waals surface area contributed by atoms with Crippen molar-refractivity contribution in [1.29, 1.82) is 0 Å². The Kier molecular flexibility index (Phi) is 6.28. The number of nitrogens with one attached hydrogen (secondary N) is 1. The van der Waals surface area contributed by atoms with Crippen molar-refractivity contribution in [3.63, 3.8) is 0 Å². The molecule has 1 nitrogen and oxygen atoms in total. The van der Waals surface area contributed by atoms with Crippen LogP contribution in [0.25, 0.3) is 5.57 Å². The van der Waals surface area contributed by atoms with Crippen LogP contribution in [0.2, 0.25) is 0 Å². The number of allylic oxidation sites excluding steroid dienone is 1. The van der Waals surface area contributed by atoms with Gasteiger partial charge in [0.15, 0.2) is 0 Å². The second kappa shape index (κ2) is 8.44. The second-order valence-electron chi connectivity index (χ2n) is 5.28. The fourth-order valence-corrected chi connectivity index (χ4v) is 2.42. The highest BCUT2D eigenvalue weighted by molar-refractivity contribution is 5.67. The van der Waals surface area contributed by atoms with Gasteiger partial charge in [0.25, 0.3) is 0 Å². The molecule has 3 rings (SSSR count). The van der Waals surface area contributed by atoms with E-state index in [4.69, 9.17) is 0 Å². The van der Waals surface area contributed by atoms with Crippen molar-refractivity contribution < 1.29 is 8.78 Å². The number of rotatable bonds is 1. The summed E-state index contributed by atoms with van der Waals surface area (Å²) in [4.78, 5) is 0. The summed E-state index contributed by atoms with van der Waals surface area (Å²) in [5.74, 6) is -0.343. The van der Waals surface area contributed by atoms with Crippen LogP contribution in [0.1, 0.15) is 25.3 Å². The van der Waals surface area contributed by atoms with Gasteiger partial charge in [-0.25, -0.2) is 8.78 Å². The summed E-state index contributed by atoms with van der Waals surface area (Å²) in [5, 5.41) is 3.34. The lowest BCUT2D eigenvalue weighted by Crippen LogP contribution is -2.23. The van der Waals surface area contributed by atoms with Gasteiger partial charge in [0, 0.05) is 0 Å². The summed E-state index contributed by atoms with van der Waals surface area (Å²) in [6.07, 6.45) is 2.23. The molecule has 0 saturated carbocycles. The van der Waals surface area contributed by atoms with Gasteiger partial charge in [0.2, 0.25) is 0 Å². The molecular formula is C19H21F2N. The lowest BCUT2D eigenvalue weighted by molar-refractivity contribution is 0.611. The molecule has 1 aliphatic rings. The normalized spacial score (nSPS) is 14.0. The minimum Gasteiger partial charge on any atom is -0.316 e. The van der Waals surface area contributed by atoms with E-state index in [2.05, 4.69) is 12.2 Å². The van der Waals surface area contributed by atoms with E-state index in [9.17, 15) is 8.78 Å². The van der Waals surface area contributed by atoms with Crippen LogP contribution in [-0.4, -0.2) is 13.1 Å². The predicted molar refractivity (Wildman–Crippen MR) is 87.5 cm³/mol. The average Bonchev–Trinajstić information content (AvgIpc) is 2.57. The van der Waals surface area contributed by atoms with Gasteiger partial charge in [0.1, 0.15) is 11.6 Å². The summed E-state index contributed by atoms with van der Waals surface area (Å²) < 4.78 is 24.7. The van der Waals surface area contributed by atoms with Crippen LogP contribution in [0.15, 0.2) is 60.2 Å². The highest BCUT2D eigenvalue weighted by Gasteiger charge is 2.08. The van der Waals surface area contributed by atoms with Gasteiger partial charge in [-0.15, -0.1) is 0 Å². The van der Waals surface area contributed by atoms with Gasteiger partial charge in [-0.3, -0.25) is 0 Å². The van der Waals surface area contributed by atoms with Crippen molar-refractivity contribution in [1.82, 2.24) is 5.32 Å². The zero-order chi connectivity index (χ0) is 15.8. The molecule has 0 unspecified atom stereocenters. The van der Waals surface area contributed by atoms with Crippen molar-refractivity contribution in [3.8, 4) is 0 Å². The standard InChI is InChI=1S/C13H16FN.C6H5F/c1-10(12-6-8-15-9-7-12)11-2-4-13(14)5-3-11;7-6-4-2-1-3-5-6/h2-5,15H,6-9H2,1H3;1-5H. The first-order valence-electron chi connectivity index (χ1n) is 7.52. The molecule has 0 atom stereocenters. The topological polar surface area (TPSA) is 12.0 Å². The van der Waals surface area contributed by atoms with Crippen molar-refractivity contribution >= 4 is 5.57 Å². The van der Waals surface area contributed by atoms with E-state index < -0.39 is 0 Å². The monoisotopic (exact) mass is 301 g/mol. The first-order chi connectivity index (χ1) is 10.7. The third-order valence-corrected chi connectivity index (χ3v) is 3.75. The second-order valence-corrected chi connectivity index (χ2v) is 5.28. The minimum absolute atomic E-state index is 0.165. The van der Waals surface area contributed by atoms with Crippen molar-refractivity contribution in [2.24, 2.45) is 0 Å². The van der Waals surface area contributed by atoms with Crippen LogP contribution in [-0.2, 0) is 0 Å². The number of hydrogen-bond acceptors (Lipinski definition) is 1. The van der Waals surface area contributed by atoms with Crippen molar-refractivity contribution in [2.75, 3.05) is 13.1 Å². The molecular weight excluding hydrogens is 280 g/mol. The largest absolute Gasteiger partial charge is 0.316 e. The van der Waals surface area contributed by atoms with E-state index in [1.54, 1.807) is 18.2 Å². The molecule has 1 saturated heterocycles. The molecule has 1 N–H and O–H groups in total. The van der Waals surface area contributed by atoms with E-state index in [0.29, 0.717) is 0 Å². The molecule has 22 heavy (non-hydrogen) atoms. The molecule has 0 radical (unpaired) electrons. The van der Waals surface area contributed by atoms with E-state index in [1.165, 1.54) is 35.4 Å². The van der Waals surface area contributed by atoms with Crippen LogP contribution in [0.5, 0.6) is 0 Å². The van der Waals surface area contributed by atoms with Crippen LogP contribution >= 0.6 is 0 Å². The Hall–Kier alpha value is -2.00. The molecule has 116 valence electrons. The molecule has 1 fully saturated rings. The van der Waals surface area contributed by atoms with E-state index in [1.807, 2.05) is 12.1 Å². The number of halogens is 2. The lowest BCUT2D eigenvalue weighted by atomic mass is 9.95. The molecule has 1 heterocycles. The van der Waals surface area contributed by atoms with E-state index >= 15 is 0 Å². The van der Waals surface area contributed by atoms with E-state index in [-0.39, 0.29) is 11.6 Å². The van der Waals surface area contributed by atoms with Gasteiger partial charge in [-0.2, -0.15) is 0 Å². The van der Waals surface area contributed by atoms with Crippen LogP contribution in [0, 0.1) is 11.6 Å². The molecule has 0 aromatic heterocycles. The molecule has 2 aromatic rings. The van der Waals surface area contributed by atoms with Gasteiger partial charge >= 0.3 is 0 Å². The SMILES string of the molecule is CC(=C1CCNCC1)c1ccc(F)cc1.Fc1ccccc1. The average molecular weight is 301 g/mol. The Morgan fingerprint density at radius 1 is 0.818 bits per heavy atom. The molecule has 0 spiro atoms. The van der Waals surface area contributed by atoms with Gasteiger partial charge < -0.3 is 5.32 Å². The summed E-state index contributed by atoms with van der Waals surface area (Å²) in [5.41, 5.74) is 3.96.